The van der Waals surface area contributed by atoms with Crippen LogP contribution in [0.25, 0.3) is 0 Å². The number of hydrogen-bond donors (Lipinski definition) is 1. The topological polar surface area (TPSA) is 46.5 Å². The van der Waals surface area contributed by atoms with Crippen LogP contribution in [0.2, 0.25) is 0 Å². The van der Waals surface area contributed by atoms with Gasteiger partial charge >= 0.3 is 0 Å². The van der Waals surface area contributed by atoms with Crippen molar-refractivity contribution in [1.29, 1.82) is 0 Å². The lowest BCUT2D eigenvalue weighted by molar-refractivity contribution is -0.141. The van der Waals surface area contributed by atoms with E-state index in [0.717, 1.165) is 30.4 Å². The van der Waals surface area contributed by atoms with Crippen molar-refractivity contribution in [2.24, 2.45) is 11.3 Å². The first-order chi connectivity index (χ1) is 8.74. The van der Waals surface area contributed by atoms with Crippen molar-refractivity contribution in [1.82, 2.24) is 0 Å². The van der Waals surface area contributed by atoms with Crippen LogP contribution in [-0.4, -0.2) is 29.7 Å². The molecule has 1 N–H and O–H groups in total. The van der Waals surface area contributed by atoms with E-state index in [4.69, 9.17) is 4.74 Å². The Kier molecular flexibility index (Phi) is 3.65. The third-order valence-corrected chi connectivity index (χ3v) is 5.37. The quantitative estimate of drug-likeness (QED) is 0.836. The number of Topliss-reactive ketones (excluding diaryl/α,β-unsaturated/α-hetero) is 1. The molecule has 0 aromatic carbocycles. The fourth-order valence-electron chi connectivity index (χ4n) is 3.79. The van der Waals surface area contributed by atoms with Crippen molar-refractivity contribution in [2.45, 2.75) is 65.1 Å². The largest absolute Gasteiger partial charge is 0.392 e. The van der Waals surface area contributed by atoms with Gasteiger partial charge < -0.3 is 9.84 Å². The van der Waals surface area contributed by atoms with Gasteiger partial charge in [0.15, 0.2) is 5.78 Å². The van der Waals surface area contributed by atoms with E-state index < -0.39 is 11.7 Å². The first-order valence-corrected chi connectivity index (χ1v) is 7.21. The van der Waals surface area contributed by atoms with E-state index in [2.05, 4.69) is 0 Å². The number of aliphatic hydroxyl groups excluding tert-OH is 1. The lowest BCUT2D eigenvalue weighted by atomic mass is 9.57. The lowest BCUT2D eigenvalue weighted by Crippen LogP contribution is -2.53. The molecule has 0 spiro atoms. The van der Waals surface area contributed by atoms with E-state index in [1.165, 1.54) is 0 Å². The maximum atomic E-state index is 12.9. The summed E-state index contributed by atoms with van der Waals surface area (Å²) in [5, 5.41) is 10.6. The Labute approximate surface area is 116 Å². The first-order valence-electron chi connectivity index (χ1n) is 7.21. The van der Waals surface area contributed by atoms with Crippen LogP contribution in [0.4, 0.5) is 0 Å². The summed E-state index contributed by atoms with van der Waals surface area (Å²) in [6.45, 7) is 7.95. The smallest absolute Gasteiger partial charge is 0.165 e. The van der Waals surface area contributed by atoms with E-state index >= 15 is 0 Å². The Morgan fingerprint density at radius 2 is 2.05 bits per heavy atom. The molecule has 2 aliphatic rings. The van der Waals surface area contributed by atoms with Crippen molar-refractivity contribution in [3.05, 3.63) is 11.1 Å². The molecule has 0 heterocycles. The van der Waals surface area contributed by atoms with Crippen LogP contribution < -0.4 is 0 Å². The third-order valence-electron chi connectivity index (χ3n) is 5.37. The Hall–Kier alpha value is -0.670. The molecule has 0 aliphatic heterocycles. The maximum absolute atomic E-state index is 12.9. The van der Waals surface area contributed by atoms with Gasteiger partial charge in [0.2, 0.25) is 0 Å². The summed E-state index contributed by atoms with van der Waals surface area (Å²) >= 11 is 0. The van der Waals surface area contributed by atoms with Crippen LogP contribution in [0.1, 0.15) is 53.4 Å². The Balaban J connectivity index is 2.46. The average Bonchev–Trinajstić information content (AvgIpc) is 2.33. The summed E-state index contributed by atoms with van der Waals surface area (Å²) in [4.78, 5) is 12.9. The van der Waals surface area contributed by atoms with Gasteiger partial charge in [-0.1, -0.05) is 12.5 Å². The summed E-state index contributed by atoms with van der Waals surface area (Å²) in [5.41, 5.74) is 1.17. The molecule has 2 aliphatic carbocycles. The number of ether oxygens (including phenoxy) is 1. The molecule has 3 heteroatoms. The second-order valence-corrected chi connectivity index (χ2v) is 6.90. The van der Waals surface area contributed by atoms with Crippen molar-refractivity contribution in [2.75, 3.05) is 7.11 Å². The Bertz CT molecular complexity index is 422. The van der Waals surface area contributed by atoms with E-state index in [1.54, 1.807) is 7.11 Å². The highest BCUT2D eigenvalue weighted by Gasteiger charge is 2.52. The zero-order valence-corrected chi connectivity index (χ0v) is 12.7. The zero-order chi connectivity index (χ0) is 14.4. The second kappa shape index (κ2) is 4.71. The molecule has 108 valence electrons. The fourth-order valence-corrected chi connectivity index (χ4v) is 3.79. The van der Waals surface area contributed by atoms with Crippen molar-refractivity contribution >= 4 is 5.78 Å². The van der Waals surface area contributed by atoms with Crippen LogP contribution >= 0.6 is 0 Å². The Morgan fingerprint density at radius 3 is 2.63 bits per heavy atom. The fraction of sp³-hybridized carbons (Fsp3) is 0.812. The van der Waals surface area contributed by atoms with Crippen LogP contribution in [0.15, 0.2) is 11.1 Å². The maximum Gasteiger partial charge on any atom is 0.165 e. The van der Waals surface area contributed by atoms with Gasteiger partial charge in [-0.2, -0.15) is 0 Å². The molecule has 3 atom stereocenters. The number of rotatable bonds is 2. The SMILES string of the molecule is COC(C)(C)[C@@H]1C[C@H](O)[C@@]2(C)CCCC(C)=C2C1=O. The second-order valence-electron chi connectivity index (χ2n) is 6.90. The van der Waals surface area contributed by atoms with E-state index in [-0.39, 0.29) is 17.1 Å². The molecule has 19 heavy (non-hydrogen) atoms. The number of methoxy groups -OCH3 is 1. The third kappa shape index (κ3) is 2.17. The summed E-state index contributed by atoms with van der Waals surface area (Å²) in [5.74, 6) is -0.0551. The van der Waals surface area contributed by atoms with Crippen molar-refractivity contribution < 1.29 is 14.6 Å². The monoisotopic (exact) mass is 266 g/mol. The Morgan fingerprint density at radius 1 is 1.42 bits per heavy atom. The van der Waals surface area contributed by atoms with E-state index in [9.17, 15) is 9.90 Å². The number of aliphatic hydroxyl groups is 1. The van der Waals surface area contributed by atoms with Crippen LogP contribution in [0.5, 0.6) is 0 Å². The minimum atomic E-state index is -0.524. The van der Waals surface area contributed by atoms with Gasteiger partial charge in [0.25, 0.3) is 0 Å². The molecule has 1 fully saturated rings. The molecular formula is C16H26O3. The standard InChI is InChI=1S/C16H26O3/c1-10-7-6-8-16(4)12(17)9-11(14(18)13(10)16)15(2,3)19-5/h11-12,17H,6-9H2,1-5H3/t11-,12+,16-/m1/s1. The molecule has 0 radical (unpaired) electrons. The number of hydrogen-bond acceptors (Lipinski definition) is 3. The predicted octanol–water partition coefficient (Wildman–Crippen LogP) is 2.87. The summed E-state index contributed by atoms with van der Waals surface area (Å²) in [7, 11) is 1.63. The van der Waals surface area contributed by atoms with E-state index in [1.807, 2.05) is 27.7 Å². The summed E-state index contributed by atoms with van der Waals surface area (Å²) in [6, 6.07) is 0. The highest BCUT2D eigenvalue weighted by atomic mass is 16.5. The minimum Gasteiger partial charge on any atom is -0.392 e. The molecule has 0 bridgehead atoms. The molecule has 2 rings (SSSR count). The number of allylic oxidation sites excluding steroid dienone is 1. The molecule has 3 nitrogen and oxygen atoms in total. The average molecular weight is 266 g/mol. The highest BCUT2D eigenvalue weighted by molar-refractivity contribution is 6.01. The number of carbonyl (C=O) groups excluding carboxylic acids is 1. The zero-order valence-electron chi connectivity index (χ0n) is 12.7. The normalized spacial score (nSPS) is 36.4. The van der Waals surface area contributed by atoms with Gasteiger partial charge in [0, 0.05) is 18.1 Å². The van der Waals surface area contributed by atoms with Gasteiger partial charge in [-0.15, -0.1) is 0 Å². The molecule has 0 aromatic heterocycles. The minimum absolute atomic E-state index is 0.192. The van der Waals surface area contributed by atoms with E-state index in [0.29, 0.717) is 6.42 Å². The van der Waals surface area contributed by atoms with Crippen molar-refractivity contribution in [3.63, 3.8) is 0 Å². The van der Waals surface area contributed by atoms with Gasteiger partial charge in [0.1, 0.15) is 0 Å². The molecule has 0 aromatic rings. The molecular weight excluding hydrogens is 240 g/mol. The predicted molar refractivity (Wildman–Crippen MR) is 74.9 cm³/mol. The van der Waals surface area contributed by atoms with Gasteiger partial charge in [-0.25, -0.2) is 0 Å². The van der Waals surface area contributed by atoms with Gasteiger partial charge in [-0.3, -0.25) is 4.79 Å². The molecule has 0 amide bonds. The number of fused-ring (bicyclic) bond motifs is 1. The van der Waals surface area contributed by atoms with Gasteiger partial charge in [0.05, 0.1) is 17.6 Å². The van der Waals surface area contributed by atoms with Crippen LogP contribution in [0, 0.1) is 11.3 Å². The number of ketones is 1. The van der Waals surface area contributed by atoms with Gasteiger partial charge in [-0.05, 0) is 46.5 Å². The molecule has 0 saturated heterocycles. The first kappa shape index (κ1) is 14.7. The van der Waals surface area contributed by atoms with Crippen LogP contribution in [0.3, 0.4) is 0 Å². The number of carbonyl (C=O) groups is 1. The molecule has 1 saturated carbocycles. The summed E-state index contributed by atoms with van der Waals surface area (Å²) in [6.07, 6.45) is 3.01. The lowest BCUT2D eigenvalue weighted by Gasteiger charge is -2.49. The highest BCUT2D eigenvalue weighted by Crippen LogP contribution is 2.51. The molecule has 0 unspecified atom stereocenters. The van der Waals surface area contributed by atoms with Crippen molar-refractivity contribution in [3.8, 4) is 0 Å². The summed E-state index contributed by atoms with van der Waals surface area (Å²) < 4.78 is 5.49. The van der Waals surface area contributed by atoms with Crippen LogP contribution in [-0.2, 0) is 9.53 Å².